The van der Waals surface area contributed by atoms with Crippen molar-refractivity contribution < 1.29 is 23.5 Å². The van der Waals surface area contributed by atoms with E-state index in [0.29, 0.717) is 61.6 Å². The van der Waals surface area contributed by atoms with Crippen molar-refractivity contribution in [3.8, 4) is 33.8 Å². The molecule has 6 rings (SSSR count). The van der Waals surface area contributed by atoms with E-state index in [4.69, 9.17) is 30.3 Å². The molecule has 0 spiro atoms. The van der Waals surface area contributed by atoms with Crippen LogP contribution in [0.5, 0.6) is 11.5 Å². The van der Waals surface area contributed by atoms with E-state index >= 15 is 0 Å². The molecule has 0 atom stereocenters. The van der Waals surface area contributed by atoms with Crippen molar-refractivity contribution in [2.45, 2.75) is 26.7 Å². The van der Waals surface area contributed by atoms with Crippen LogP contribution in [0, 0.1) is 0 Å². The van der Waals surface area contributed by atoms with E-state index < -0.39 is 0 Å². The fourth-order valence-corrected chi connectivity index (χ4v) is 5.65. The molecular weight excluding hydrogens is 602 g/mol. The van der Waals surface area contributed by atoms with Crippen LogP contribution in [0.4, 0.5) is 0 Å². The minimum atomic E-state index is -0.292. The van der Waals surface area contributed by atoms with E-state index in [1.54, 1.807) is 0 Å². The summed E-state index contributed by atoms with van der Waals surface area (Å²) in [6.45, 7) is 6.82. The smallest absolute Gasteiger partial charge is 0.274 e. The third kappa shape index (κ3) is 7.59. The Labute approximate surface area is 273 Å². The first-order chi connectivity index (χ1) is 22.6. The fraction of sp³-hybridized carbons (Fsp3) is 0.243. The number of benzene rings is 4. The average Bonchev–Trinajstić information content (AvgIpc) is 3.59. The van der Waals surface area contributed by atoms with Crippen molar-refractivity contribution in [2.24, 2.45) is 0 Å². The SMILES string of the molecule is CCNC(=O)c1nocc1-c1ccc(CN2CCOCC2)c(-c2cc(Cl)c(OCc3ccccc3)cc2OCc2ccccc2)c1. The Morgan fingerprint density at radius 3 is 2.20 bits per heavy atom. The zero-order valence-corrected chi connectivity index (χ0v) is 26.5. The van der Waals surface area contributed by atoms with Gasteiger partial charge in [-0.15, -0.1) is 0 Å². The molecule has 4 aromatic carbocycles. The van der Waals surface area contributed by atoms with Crippen LogP contribution in [0.1, 0.15) is 34.1 Å². The molecule has 0 saturated carbocycles. The van der Waals surface area contributed by atoms with E-state index in [0.717, 1.165) is 46.5 Å². The number of carbonyl (C=O) groups is 1. The Balaban J connectivity index is 1.43. The van der Waals surface area contributed by atoms with Gasteiger partial charge in [-0.3, -0.25) is 9.69 Å². The molecule has 9 heteroatoms. The van der Waals surface area contributed by atoms with E-state index in [2.05, 4.69) is 27.5 Å². The maximum absolute atomic E-state index is 12.8. The second-order valence-electron chi connectivity index (χ2n) is 11.0. The molecule has 5 aromatic rings. The van der Waals surface area contributed by atoms with E-state index in [9.17, 15) is 4.79 Å². The number of carbonyl (C=O) groups excluding carboxylic acids is 1. The predicted octanol–water partition coefficient (Wildman–Crippen LogP) is 7.40. The number of hydrogen-bond acceptors (Lipinski definition) is 7. The van der Waals surface area contributed by atoms with Gasteiger partial charge in [-0.1, -0.05) is 89.6 Å². The van der Waals surface area contributed by atoms with Crippen LogP contribution in [0.25, 0.3) is 22.3 Å². The number of ether oxygens (including phenoxy) is 3. The highest BCUT2D eigenvalue weighted by atomic mass is 35.5. The van der Waals surface area contributed by atoms with Crippen molar-refractivity contribution in [3.63, 3.8) is 0 Å². The van der Waals surface area contributed by atoms with Gasteiger partial charge in [0.05, 0.1) is 23.8 Å². The summed E-state index contributed by atoms with van der Waals surface area (Å²) in [7, 11) is 0. The van der Waals surface area contributed by atoms with Crippen LogP contribution in [-0.4, -0.2) is 48.8 Å². The van der Waals surface area contributed by atoms with Gasteiger partial charge in [0.1, 0.15) is 31.0 Å². The second kappa shape index (κ2) is 15.1. The molecule has 1 amide bonds. The van der Waals surface area contributed by atoms with E-state index in [1.807, 2.05) is 85.8 Å². The summed E-state index contributed by atoms with van der Waals surface area (Å²) in [4.78, 5) is 15.2. The van der Waals surface area contributed by atoms with Gasteiger partial charge in [-0.2, -0.15) is 0 Å². The van der Waals surface area contributed by atoms with E-state index in [-0.39, 0.29) is 11.6 Å². The van der Waals surface area contributed by atoms with Crippen LogP contribution < -0.4 is 14.8 Å². The molecule has 236 valence electrons. The number of aromatic nitrogens is 1. The zero-order chi connectivity index (χ0) is 31.7. The molecule has 46 heavy (non-hydrogen) atoms. The first-order valence-corrected chi connectivity index (χ1v) is 15.8. The van der Waals surface area contributed by atoms with Crippen LogP contribution in [0.15, 0.2) is 102 Å². The standard InChI is InChI=1S/C37H36ClN3O5/c1-2-39-37(42)36-32(25-46-40-36)28-13-14-29(22-41-15-17-43-18-16-41)30(19-28)31-20-33(38)35(45-24-27-11-7-4-8-12-27)21-34(31)44-23-26-9-5-3-6-10-26/h3-14,19-21,25H,2,15-18,22-24H2,1H3,(H,39,42). The minimum Gasteiger partial charge on any atom is -0.488 e. The molecule has 8 nitrogen and oxygen atoms in total. The third-order valence-electron chi connectivity index (χ3n) is 7.84. The van der Waals surface area contributed by atoms with Crippen molar-refractivity contribution in [3.05, 3.63) is 125 Å². The van der Waals surface area contributed by atoms with Gasteiger partial charge in [0, 0.05) is 37.8 Å². The van der Waals surface area contributed by atoms with Crippen molar-refractivity contribution >= 4 is 17.5 Å². The highest BCUT2D eigenvalue weighted by molar-refractivity contribution is 6.32. The average molecular weight is 638 g/mol. The van der Waals surface area contributed by atoms with Gasteiger partial charge in [0.15, 0.2) is 5.69 Å². The zero-order valence-electron chi connectivity index (χ0n) is 25.7. The highest BCUT2D eigenvalue weighted by Gasteiger charge is 2.22. The lowest BCUT2D eigenvalue weighted by molar-refractivity contribution is 0.0342. The number of rotatable bonds is 12. The lowest BCUT2D eigenvalue weighted by Gasteiger charge is -2.28. The Morgan fingerprint density at radius 2 is 1.52 bits per heavy atom. The van der Waals surface area contributed by atoms with Crippen molar-refractivity contribution in [1.82, 2.24) is 15.4 Å². The number of nitrogens with zero attached hydrogens (tertiary/aromatic N) is 2. The lowest BCUT2D eigenvalue weighted by Crippen LogP contribution is -2.35. The van der Waals surface area contributed by atoms with Crippen LogP contribution >= 0.6 is 11.6 Å². The maximum Gasteiger partial charge on any atom is 0.274 e. The molecule has 0 bridgehead atoms. The van der Waals surface area contributed by atoms with Gasteiger partial charge < -0.3 is 24.1 Å². The lowest BCUT2D eigenvalue weighted by atomic mass is 9.93. The van der Waals surface area contributed by atoms with Crippen LogP contribution in [0.2, 0.25) is 5.02 Å². The topological polar surface area (TPSA) is 86.1 Å². The largest absolute Gasteiger partial charge is 0.488 e. The molecule has 0 aliphatic carbocycles. The summed E-state index contributed by atoms with van der Waals surface area (Å²) < 4.78 is 23.6. The summed E-state index contributed by atoms with van der Waals surface area (Å²) in [5.41, 5.74) is 6.52. The molecule has 1 aliphatic heterocycles. The van der Waals surface area contributed by atoms with Gasteiger partial charge in [0.2, 0.25) is 0 Å². The number of halogens is 1. The molecule has 0 radical (unpaired) electrons. The van der Waals surface area contributed by atoms with Gasteiger partial charge in [-0.25, -0.2) is 0 Å². The first-order valence-electron chi connectivity index (χ1n) is 15.4. The first kappa shape index (κ1) is 31.4. The summed E-state index contributed by atoms with van der Waals surface area (Å²) >= 11 is 6.93. The Hall–Kier alpha value is -4.63. The quantitative estimate of drug-likeness (QED) is 0.153. The molecule has 1 saturated heterocycles. The minimum absolute atomic E-state index is 0.233. The van der Waals surface area contributed by atoms with Crippen LogP contribution in [0.3, 0.4) is 0 Å². The Morgan fingerprint density at radius 1 is 0.848 bits per heavy atom. The van der Waals surface area contributed by atoms with Crippen molar-refractivity contribution in [2.75, 3.05) is 32.8 Å². The molecule has 1 fully saturated rings. The summed E-state index contributed by atoms with van der Waals surface area (Å²) in [5, 5.41) is 7.29. The Bertz CT molecular complexity index is 1750. The molecule has 1 aliphatic rings. The van der Waals surface area contributed by atoms with Gasteiger partial charge >= 0.3 is 0 Å². The molecule has 0 unspecified atom stereocenters. The predicted molar refractivity (Wildman–Crippen MR) is 178 cm³/mol. The summed E-state index contributed by atoms with van der Waals surface area (Å²) in [5.74, 6) is 0.867. The van der Waals surface area contributed by atoms with Gasteiger partial charge in [0.25, 0.3) is 5.91 Å². The van der Waals surface area contributed by atoms with Crippen LogP contribution in [-0.2, 0) is 24.5 Å². The van der Waals surface area contributed by atoms with Crippen molar-refractivity contribution in [1.29, 1.82) is 0 Å². The fourth-order valence-electron chi connectivity index (χ4n) is 5.43. The molecule has 1 aromatic heterocycles. The van der Waals surface area contributed by atoms with E-state index in [1.165, 1.54) is 6.26 Å². The summed E-state index contributed by atoms with van der Waals surface area (Å²) in [6, 6.07) is 29.9. The number of morpholine rings is 1. The monoisotopic (exact) mass is 637 g/mol. The third-order valence-corrected chi connectivity index (χ3v) is 8.13. The van der Waals surface area contributed by atoms with Gasteiger partial charge in [-0.05, 0) is 46.9 Å². The molecule has 1 N–H and O–H groups in total. The summed E-state index contributed by atoms with van der Waals surface area (Å²) in [6.07, 6.45) is 1.51. The highest BCUT2D eigenvalue weighted by Crippen LogP contribution is 2.42. The number of hydrogen-bond donors (Lipinski definition) is 1. The Kier molecular flexibility index (Phi) is 10.3. The number of nitrogens with one attached hydrogen (secondary N) is 1. The number of amides is 1. The second-order valence-corrected chi connectivity index (χ2v) is 11.4. The molecular formula is C37H36ClN3O5. The molecule has 2 heterocycles. The normalized spacial score (nSPS) is 13.3. The maximum atomic E-state index is 12.8.